The fourth-order valence-corrected chi connectivity index (χ4v) is 4.05. The summed E-state index contributed by atoms with van der Waals surface area (Å²) in [4.78, 5) is 27.7. The van der Waals surface area contributed by atoms with Crippen LogP contribution < -0.4 is 14.2 Å². The third kappa shape index (κ3) is 4.10. The van der Waals surface area contributed by atoms with E-state index < -0.39 is 17.7 Å². The Morgan fingerprint density at radius 1 is 0.971 bits per heavy atom. The number of aliphatic hydroxyl groups excluding tert-OH is 1. The Balaban J connectivity index is 1.84. The van der Waals surface area contributed by atoms with Gasteiger partial charge < -0.3 is 28.6 Å². The van der Waals surface area contributed by atoms with Crippen LogP contribution in [-0.2, 0) is 16.1 Å². The van der Waals surface area contributed by atoms with Gasteiger partial charge in [-0.3, -0.25) is 9.59 Å². The van der Waals surface area contributed by atoms with Crippen LogP contribution in [-0.4, -0.2) is 43.0 Å². The first-order chi connectivity index (χ1) is 16.4. The number of aryl methyl sites for hydroxylation is 1. The molecular formula is C26H25NO7. The van der Waals surface area contributed by atoms with Crippen molar-refractivity contribution in [1.29, 1.82) is 0 Å². The molecule has 1 aromatic heterocycles. The number of carbonyl (C=O) groups is 2. The van der Waals surface area contributed by atoms with Gasteiger partial charge in [0.15, 0.2) is 11.5 Å². The average molecular weight is 463 g/mol. The van der Waals surface area contributed by atoms with Crippen LogP contribution >= 0.6 is 0 Å². The van der Waals surface area contributed by atoms with Gasteiger partial charge in [0.25, 0.3) is 11.7 Å². The van der Waals surface area contributed by atoms with Gasteiger partial charge >= 0.3 is 0 Å². The summed E-state index contributed by atoms with van der Waals surface area (Å²) in [5.41, 5.74) is 1.01. The Labute approximate surface area is 197 Å². The number of amides is 1. The van der Waals surface area contributed by atoms with Gasteiger partial charge in [-0.25, -0.2) is 0 Å². The van der Waals surface area contributed by atoms with E-state index in [1.165, 1.54) is 19.1 Å². The van der Waals surface area contributed by atoms with Crippen molar-refractivity contribution in [2.24, 2.45) is 0 Å². The zero-order valence-electron chi connectivity index (χ0n) is 19.3. The number of methoxy groups -OCH3 is 3. The van der Waals surface area contributed by atoms with Gasteiger partial charge in [0, 0.05) is 12.1 Å². The first kappa shape index (κ1) is 23.0. The van der Waals surface area contributed by atoms with Crippen molar-refractivity contribution in [3.05, 3.63) is 82.8 Å². The Morgan fingerprint density at radius 2 is 1.74 bits per heavy atom. The van der Waals surface area contributed by atoms with Crippen molar-refractivity contribution in [2.75, 3.05) is 21.3 Å². The quantitative estimate of drug-likeness (QED) is 0.318. The van der Waals surface area contributed by atoms with Crippen molar-refractivity contribution < 1.29 is 33.3 Å². The fraction of sp³-hybridized carbons (Fsp3) is 0.231. The Kier molecular flexibility index (Phi) is 6.32. The number of Topliss-reactive ketones (excluding diaryl/α,β-unsaturated/α-hetero) is 1. The molecule has 0 bridgehead atoms. The van der Waals surface area contributed by atoms with E-state index in [4.69, 9.17) is 18.6 Å². The lowest BCUT2D eigenvalue weighted by Crippen LogP contribution is -2.29. The second-order valence-corrected chi connectivity index (χ2v) is 7.80. The zero-order chi connectivity index (χ0) is 24.4. The maximum atomic E-state index is 13.2. The number of ether oxygens (including phenoxy) is 3. The molecule has 1 saturated heterocycles. The van der Waals surface area contributed by atoms with Crippen molar-refractivity contribution >= 4 is 17.4 Å². The average Bonchev–Trinajstić information content (AvgIpc) is 3.39. The normalized spacial score (nSPS) is 17.2. The van der Waals surface area contributed by atoms with Gasteiger partial charge in [0.05, 0.1) is 26.9 Å². The van der Waals surface area contributed by atoms with Crippen LogP contribution in [0.15, 0.2) is 64.6 Å². The fourth-order valence-electron chi connectivity index (χ4n) is 4.05. The van der Waals surface area contributed by atoms with Crippen LogP contribution in [0.3, 0.4) is 0 Å². The molecule has 8 heteroatoms. The standard InChI is InChI=1S/C26H25NO7/c1-15-8-10-20(34-15)23-22(24(28)17-9-11-19(32-3)21(13-17)33-4)25(29)26(30)27(23)14-16-6-5-7-18(12-16)31-2/h5-13,23,28H,14H2,1-4H3/b24-22-. The van der Waals surface area contributed by atoms with Crippen LogP contribution in [0.5, 0.6) is 17.2 Å². The topological polar surface area (TPSA) is 98.4 Å². The smallest absolute Gasteiger partial charge is 0.296 e. The Morgan fingerprint density at radius 3 is 2.38 bits per heavy atom. The summed E-state index contributed by atoms with van der Waals surface area (Å²) >= 11 is 0. The van der Waals surface area contributed by atoms with E-state index in [-0.39, 0.29) is 17.9 Å². The number of hydrogen-bond donors (Lipinski definition) is 1. The number of likely N-dealkylation sites (tertiary alicyclic amines) is 1. The van der Waals surface area contributed by atoms with Crippen molar-refractivity contribution in [2.45, 2.75) is 19.5 Å². The van der Waals surface area contributed by atoms with E-state index in [1.54, 1.807) is 62.6 Å². The van der Waals surface area contributed by atoms with Gasteiger partial charge in [-0.1, -0.05) is 12.1 Å². The SMILES string of the molecule is COc1cccc(CN2C(=O)C(=O)/C(=C(\O)c3ccc(OC)c(OC)c3)C2c2ccc(C)o2)c1. The lowest BCUT2D eigenvalue weighted by Gasteiger charge is -2.23. The summed E-state index contributed by atoms with van der Waals surface area (Å²) in [6.45, 7) is 1.89. The second kappa shape index (κ2) is 9.35. The number of furan rings is 1. The highest BCUT2D eigenvalue weighted by Gasteiger charge is 2.47. The third-order valence-corrected chi connectivity index (χ3v) is 5.71. The third-order valence-electron chi connectivity index (χ3n) is 5.71. The monoisotopic (exact) mass is 463 g/mol. The molecule has 2 aromatic carbocycles. The number of rotatable bonds is 7. The van der Waals surface area contributed by atoms with Crippen LogP contribution in [0.25, 0.3) is 5.76 Å². The highest BCUT2D eigenvalue weighted by atomic mass is 16.5. The minimum absolute atomic E-state index is 0.0607. The molecule has 0 aliphatic carbocycles. The summed E-state index contributed by atoms with van der Waals surface area (Å²) in [6.07, 6.45) is 0. The van der Waals surface area contributed by atoms with Gasteiger partial charge in [0.1, 0.15) is 29.1 Å². The van der Waals surface area contributed by atoms with E-state index in [2.05, 4.69) is 0 Å². The predicted octanol–water partition coefficient (Wildman–Crippen LogP) is 4.24. The molecule has 1 aliphatic heterocycles. The van der Waals surface area contributed by atoms with Crippen LogP contribution in [0.4, 0.5) is 0 Å². The van der Waals surface area contributed by atoms with Gasteiger partial charge in [-0.2, -0.15) is 0 Å². The molecule has 0 spiro atoms. The first-order valence-corrected chi connectivity index (χ1v) is 10.6. The molecule has 3 aromatic rings. The maximum absolute atomic E-state index is 13.2. The molecule has 176 valence electrons. The molecule has 1 amide bonds. The largest absolute Gasteiger partial charge is 0.507 e. The molecule has 1 atom stereocenters. The molecule has 1 fully saturated rings. The number of benzene rings is 2. The zero-order valence-corrected chi connectivity index (χ0v) is 19.3. The number of hydrogen-bond acceptors (Lipinski definition) is 7. The molecule has 4 rings (SSSR count). The van der Waals surface area contributed by atoms with Gasteiger partial charge in [-0.05, 0) is 55.0 Å². The summed E-state index contributed by atoms with van der Waals surface area (Å²) in [7, 11) is 4.53. The maximum Gasteiger partial charge on any atom is 0.296 e. The molecule has 0 radical (unpaired) electrons. The number of aliphatic hydroxyl groups is 1. The molecule has 0 saturated carbocycles. The highest BCUT2D eigenvalue weighted by Crippen LogP contribution is 2.42. The Bertz CT molecular complexity index is 1270. The summed E-state index contributed by atoms with van der Waals surface area (Å²) in [5, 5.41) is 11.2. The predicted molar refractivity (Wildman–Crippen MR) is 124 cm³/mol. The van der Waals surface area contributed by atoms with Crippen LogP contribution in [0.2, 0.25) is 0 Å². The van der Waals surface area contributed by atoms with Crippen LogP contribution in [0, 0.1) is 6.92 Å². The van der Waals surface area contributed by atoms with Gasteiger partial charge in [0.2, 0.25) is 0 Å². The molecule has 2 heterocycles. The number of ketones is 1. The van der Waals surface area contributed by atoms with Crippen molar-refractivity contribution in [3.8, 4) is 17.2 Å². The lowest BCUT2D eigenvalue weighted by molar-refractivity contribution is -0.140. The minimum atomic E-state index is -0.909. The number of carbonyl (C=O) groups excluding carboxylic acids is 2. The van der Waals surface area contributed by atoms with Crippen molar-refractivity contribution in [3.63, 3.8) is 0 Å². The van der Waals surface area contributed by atoms with Crippen LogP contribution in [0.1, 0.15) is 28.7 Å². The lowest BCUT2D eigenvalue weighted by atomic mass is 9.99. The highest BCUT2D eigenvalue weighted by molar-refractivity contribution is 6.46. The molecular weight excluding hydrogens is 438 g/mol. The van der Waals surface area contributed by atoms with E-state index in [9.17, 15) is 14.7 Å². The minimum Gasteiger partial charge on any atom is -0.507 e. The molecule has 34 heavy (non-hydrogen) atoms. The molecule has 1 N–H and O–H groups in total. The second-order valence-electron chi connectivity index (χ2n) is 7.80. The van der Waals surface area contributed by atoms with E-state index in [0.717, 1.165) is 5.56 Å². The van der Waals surface area contributed by atoms with E-state index >= 15 is 0 Å². The van der Waals surface area contributed by atoms with Gasteiger partial charge in [-0.15, -0.1) is 0 Å². The number of nitrogens with zero attached hydrogens (tertiary/aromatic N) is 1. The molecule has 1 unspecified atom stereocenters. The summed E-state index contributed by atoms with van der Waals surface area (Å²) in [5.74, 6) is 0.613. The van der Waals surface area contributed by atoms with E-state index in [0.29, 0.717) is 34.3 Å². The van der Waals surface area contributed by atoms with Crippen molar-refractivity contribution in [1.82, 2.24) is 4.90 Å². The molecule has 1 aliphatic rings. The van der Waals surface area contributed by atoms with E-state index in [1.807, 2.05) is 6.07 Å². The summed E-state index contributed by atoms with van der Waals surface area (Å²) < 4.78 is 21.7. The molecule has 8 nitrogen and oxygen atoms in total. The first-order valence-electron chi connectivity index (χ1n) is 10.6. The Hall–Kier alpha value is -4.20. The summed E-state index contributed by atoms with van der Waals surface area (Å²) in [6, 6.07) is 14.5.